The van der Waals surface area contributed by atoms with Crippen LogP contribution in [0.1, 0.15) is 24.8 Å². The van der Waals surface area contributed by atoms with Gasteiger partial charge in [-0.3, -0.25) is 4.79 Å². The first-order chi connectivity index (χ1) is 7.59. The van der Waals surface area contributed by atoms with Crippen LogP contribution in [-0.4, -0.2) is 25.2 Å². The molecule has 1 aromatic rings. The Balaban J connectivity index is 2.09. The minimum Gasteiger partial charge on any atom is -0.472 e. The molecule has 1 aliphatic heterocycles. The molecule has 0 saturated carbocycles. The zero-order chi connectivity index (χ0) is 11.6. The molecular formula is C11H14O4S. The monoisotopic (exact) mass is 242 g/mol. The predicted octanol–water partition coefficient (Wildman–Crippen LogP) is 1.36. The lowest BCUT2D eigenvalue weighted by Gasteiger charge is -2.20. The summed E-state index contributed by atoms with van der Waals surface area (Å²) in [7, 11) is -3.21. The molecule has 2 heterocycles. The number of sulfone groups is 1. The third-order valence-corrected chi connectivity index (χ3v) is 5.12. The van der Waals surface area contributed by atoms with Crippen LogP contribution in [0.25, 0.3) is 0 Å². The second-order valence-electron chi connectivity index (χ2n) is 4.13. The number of carbonyl (C=O) groups is 1. The van der Waals surface area contributed by atoms with Crippen molar-refractivity contribution in [3.8, 4) is 0 Å². The summed E-state index contributed by atoms with van der Waals surface area (Å²) in [5.41, 5.74) is 0.741. The quantitative estimate of drug-likeness (QED) is 0.802. The van der Waals surface area contributed by atoms with Gasteiger partial charge in [0.2, 0.25) is 0 Å². The Labute approximate surface area is 94.6 Å². The molecule has 1 fully saturated rings. The van der Waals surface area contributed by atoms with Crippen molar-refractivity contribution in [2.75, 3.05) is 5.75 Å². The van der Waals surface area contributed by atoms with Gasteiger partial charge in [0.1, 0.15) is 5.25 Å². The summed E-state index contributed by atoms with van der Waals surface area (Å²) in [6.07, 6.45) is 5.09. The third kappa shape index (κ3) is 2.35. The first kappa shape index (κ1) is 11.4. The van der Waals surface area contributed by atoms with Crippen LogP contribution in [0.15, 0.2) is 23.0 Å². The Bertz CT molecular complexity index is 458. The van der Waals surface area contributed by atoms with Gasteiger partial charge in [-0.05, 0) is 24.5 Å². The van der Waals surface area contributed by atoms with Crippen molar-refractivity contribution in [1.82, 2.24) is 0 Å². The molecule has 1 aliphatic rings. The SMILES string of the molecule is O=C(Cc1ccoc1)C1CCCCS1(=O)=O. The summed E-state index contributed by atoms with van der Waals surface area (Å²) in [5.74, 6) is -0.0597. The Morgan fingerprint density at radius 2 is 2.25 bits per heavy atom. The maximum absolute atomic E-state index is 11.9. The van der Waals surface area contributed by atoms with Crippen molar-refractivity contribution in [2.45, 2.75) is 30.9 Å². The molecule has 2 rings (SSSR count). The van der Waals surface area contributed by atoms with Crippen molar-refractivity contribution in [3.63, 3.8) is 0 Å². The zero-order valence-electron chi connectivity index (χ0n) is 8.89. The van der Waals surface area contributed by atoms with Crippen LogP contribution in [0.5, 0.6) is 0 Å². The van der Waals surface area contributed by atoms with Crippen LogP contribution in [-0.2, 0) is 21.1 Å². The summed E-state index contributed by atoms with van der Waals surface area (Å²) < 4.78 is 28.3. The lowest BCUT2D eigenvalue weighted by molar-refractivity contribution is -0.118. The van der Waals surface area contributed by atoms with Gasteiger partial charge in [-0.25, -0.2) is 8.42 Å². The molecule has 0 N–H and O–H groups in total. The molecular weight excluding hydrogens is 228 g/mol. The van der Waals surface area contributed by atoms with Crippen LogP contribution in [0.2, 0.25) is 0 Å². The van der Waals surface area contributed by atoms with E-state index >= 15 is 0 Å². The largest absolute Gasteiger partial charge is 0.472 e. The predicted molar refractivity (Wildman–Crippen MR) is 58.8 cm³/mol. The highest BCUT2D eigenvalue weighted by molar-refractivity contribution is 7.92. The molecule has 4 nitrogen and oxygen atoms in total. The van der Waals surface area contributed by atoms with Crippen LogP contribution < -0.4 is 0 Å². The van der Waals surface area contributed by atoms with E-state index in [-0.39, 0.29) is 18.0 Å². The molecule has 88 valence electrons. The van der Waals surface area contributed by atoms with Gasteiger partial charge in [-0.1, -0.05) is 6.42 Å². The van der Waals surface area contributed by atoms with Crippen molar-refractivity contribution >= 4 is 15.6 Å². The smallest absolute Gasteiger partial charge is 0.160 e. The summed E-state index contributed by atoms with van der Waals surface area (Å²) in [5, 5.41) is -0.795. The van der Waals surface area contributed by atoms with E-state index in [9.17, 15) is 13.2 Å². The maximum Gasteiger partial charge on any atom is 0.160 e. The maximum atomic E-state index is 11.9. The Morgan fingerprint density at radius 3 is 2.88 bits per heavy atom. The van der Waals surface area contributed by atoms with Crippen molar-refractivity contribution in [1.29, 1.82) is 0 Å². The van der Waals surface area contributed by atoms with E-state index in [4.69, 9.17) is 4.42 Å². The molecule has 0 aromatic carbocycles. The first-order valence-corrected chi connectivity index (χ1v) is 7.06. The molecule has 1 unspecified atom stereocenters. The molecule has 16 heavy (non-hydrogen) atoms. The second kappa shape index (κ2) is 4.41. The van der Waals surface area contributed by atoms with Crippen LogP contribution in [0.3, 0.4) is 0 Å². The van der Waals surface area contributed by atoms with Crippen LogP contribution in [0, 0.1) is 0 Å². The fourth-order valence-corrected chi connectivity index (χ4v) is 3.92. The zero-order valence-corrected chi connectivity index (χ0v) is 9.70. The van der Waals surface area contributed by atoms with Crippen molar-refractivity contribution < 1.29 is 17.6 Å². The van der Waals surface area contributed by atoms with Gasteiger partial charge < -0.3 is 4.42 Å². The number of hydrogen-bond acceptors (Lipinski definition) is 4. The van der Waals surface area contributed by atoms with E-state index in [1.165, 1.54) is 12.5 Å². The Kier molecular flexibility index (Phi) is 3.14. The highest BCUT2D eigenvalue weighted by Crippen LogP contribution is 2.21. The van der Waals surface area contributed by atoms with Crippen LogP contribution in [0.4, 0.5) is 0 Å². The van der Waals surface area contributed by atoms with E-state index in [0.29, 0.717) is 12.8 Å². The second-order valence-corrected chi connectivity index (χ2v) is 6.43. The minimum absolute atomic E-state index is 0.148. The fourth-order valence-electron chi connectivity index (χ4n) is 2.02. The van der Waals surface area contributed by atoms with Crippen molar-refractivity contribution in [2.24, 2.45) is 0 Å². The van der Waals surface area contributed by atoms with Gasteiger partial charge in [0.05, 0.1) is 18.3 Å². The van der Waals surface area contributed by atoms with Crippen LogP contribution >= 0.6 is 0 Å². The fraction of sp³-hybridized carbons (Fsp3) is 0.545. The highest BCUT2D eigenvalue weighted by atomic mass is 32.2. The van der Waals surface area contributed by atoms with Gasteiger partial charge in [-0.15, -0.1) is 0 Å². The van der Waals surface area contributed by atoms with E-state index in [1.54, 1.807) is 6.07 Å². The summed E-state index contributed by atoms with van der Waals surface area (Å²) in [6.45, 7) is 0. The average Bonchev–Trinajstić information content (AvgIpc) is 2.69. The molecule has 1 saturated heterocycles. The Morgan fingerprint density at radius 1 is 1.44 bits per heavy atom. The summed E-state index contributed by atoms with van der Waals surface area (Å²) in [6, 6.07) is 1.69. The third-order valence-electron chi connectivity index (χ3n) is 2.90. The lowest BCUT2D eigenvalue weighted by atomic mass is 10.1. The number of rotatable bonds is 3. The van der Waals surface area contributed by atoms with Gasteiger partial charge in [0.25, 0.3) is 0 Å². The van der Waals surface area contributed by atoms with Gasteiger partial charge in [0.15, 0.2) is 15.6 Å². The molecule has 0 aliphatic carbocycles. The minimum atomic E-state index is -3.21. The average molecular weight is 242 g/mol. The number of furan rings is 1. The summed E-state index contributed by atoms with van der Waals surface area (Å²) in [4.78, 5) is 11.9. The van der Waals surface area contributed by atoms with E-state index in [2.05, 4.69) is 0 Å². The molecule has 1 atom stereocenters. The molecule has 0 spiro atoms. The molecule has 0 amide bonds. The van der Waals surface area contributed by atoms with E-state index in [0.717, 1.165) is 12.0 Å². The molecule has 5 heteroatoms. The molecule has 0 radical (unpaired) electrons. The number of Topliss-reactive ketones (excluding diaryl/α,β-unsaturated/α-hetero) is 1. The van der Waals surface area contributed by atoms with E-state index in [1.807, 2.05) is 0 Å². The Hall–Kier alpha value is -1.10. The van der Waals surface area contributed by atoms with Gasteiger partial charge in [0, 0.05) is 6.42 Å². The summed E-state index contributed by atoms with van der Waals surface area (Å²) >= 11 is 0. The number of carbonyl (C=O) groups excluding carboxylic acids is 1. The van der Waals surface area contributed by atoms with Gasteiger partial charge >= 0.3 is 0 Å². The first-order valence-electron chi connectivity index (χ1n) is 5.35. The van der Waals surface area contributed by atoms with Crippen molar-refractivity contribution in [3.05, 3.63) is 24.2 Å². The number of ketones is 1. The normalized spacial score (nSPS) is 24.1. The molecule has 1 aromatic heterocycles. The topological polar surface area (TPSA) is 64.3 Å². The standard InChI is InChI=1S/C11H14O4S/c12-10(7-9-4-5-15-8-9)11-3-1-2-6-16(11,13)14/h4-5,8,11H,1-3,6-7H2. The van der Waals surface area contributed by atoms with E-state index < -0.39 is 15.1 Å². The highest BCUT2D eigenvalue weighted by Gasteiger charge is 2.34. The van der Waals surface area contributed by atoms with Gasteiger partial charge in [-0.2, -0.15) is 0 Å². The number of hydrogen-bond donors (Lipinski definition) is 0. The lowest BCUT2D eigenvalue weighted by Crippen LogP contribution is -2.36. The molecule has 0 bridgehead atoms.